The van der Waals surface area contributed by atoms with Crippen LogP contribution in [0.4, 0.5) is 5.69 Å². The Morgan fingerprint density at radius 1 is 1.05 bits per heavy atom. The number of amides is 1. The molecule has 2 rings (SSSR count). The fraction of sp³-hybridized carbons (Fsp3) is 0.278. The quantitative estimate of drug-likeness (QED) is 0.856. The highest BCUT2D eigenvalue weighted by atomic mass is 16.2. The number of anilines is 1. The molecule has 0 saturated carbocycles. The summed E-state index contributed by atoms with van der Waals surface area (Å²) >= 11 is 0. The Labute approximate surface area is 126 Å². The molecule has 0 aromatic heterocycles. The van der Waals surface area contributed by atoms with Crippen molar-refractivity contribution in [2.75, 3.05) is 5.73 Å². The van der Waals surface area contributed by atoms with E-state index in [0.717, 1.165) is 11.1 Å². The summed E-state index contributed by atoms with van der Waals surface area (Å²) in [5.41, 5.74) is 8.63. The van der Waals surface area contributed by atoms with Crippen molar-refractivity contribution in [1.29, 1.82) is 0 Å². The van der Waals surface area contributed by atoms with Crippen molar-refractivity contribution < 1.29 is 4.79 Å². The first-order valence-electron chi connectivity index (χ1n) is 7.24. The third-order valence-electron chi connectivity index (χ3n) is 3.54. The van der Waals surface area contributed by atoms with Crippen LogP contribution in [0.3, 0.4) is 0 Å². The van der Waals surface area contributed by atoms with Gasteiger partial charge in [0.25, 0.3) is 0 Å². The third kappa shape index (κ3) is 4.09. The lowest BCUT2D eigenvalue weighted by molar-refractivity contribution is -0.132. The third-order valence-corrected chi connectivity index (χ3v) is 3.54. The average molecular weight is 282 g/mol. The Morgan fingerprint density at radius 2 is 1.67 bits per heavy atom. The van der Waals surface area contributed by atoms with Crippen molar-refractivity contribution in [1.82, 2.24) is 4.90 Å². The Bertz CT molecular complexity index is 593. The summed E-state index contributed by atoms with van der Waals surface area (Å²) in [6.07, 6.45) is 0.345. The second kappa shape index (κ2) is 6.93. The summed E-state index contributed by atoms with van der Waals surface area (Å²) in [5, 5.41) is 0. The SMILES string of the molecule is CC(C)N(Cc1ccccc1)C(=O)Cc1ccccc1N. The van der Waals surface area contributed by atoms with Gasteiger partial charge in [0.2, 0.25) is 5.91 Å². The number of nitrogens with two attached hydrogens (primary N) is 1. The van der Waals surface area contributed by atoms with E-state index in [1.165, 1.54) is 0 Å². The highest BCUT2D eigenvalue weighted by Gasteiger charge is 2.18. The summed E-state index contributed by atoms with van der Waals surface area (Å²) in [6.45, 7) is 4.70. The Morgan fingerprint density at radius 3 is 2.29 bits per heavy atom. The van der Waals surface area contributed by atoms with Gasteiger partial charge in [-0.1, -0.05) is 48.5 Å². The van der Waals surface area contributed by atoms with Gasteiger partial charge in [-0.2, -0.15) is 0 Å². The van der Waals surface area contributed by atoms with Gasteiger partial charge in [0, 0.05) is 18.3 Å². The maximum absolute atomic E-state index is 12.6. The molecule has 1 amide bonds. The van der Waals surface area contributed by atoms with Crippen LogP contribution < -0.4 is 5.73 Å². The molecule has 2 aromatic carbocycles. The van der Waals surface area contributed by atoms with Crippen LogP contribution in [0.2, 0.25) is 0 Å². The van der Waals surface area contributed by atoms with Crippen molar-refractivity contribution in [3.63, 3.8) is 0 Å². The lowest BCUT2D eigenvalue weighted by Gasteiger charge is -2.27. The minimum absolute atomic E-state index is 0.103. The largest absolute Gasteiger partial charge is 0.398 e. The van der Waals surface area contributed by atoms with E-state index < -0.39 is 0 Å². The van der Waals surface area contributed by atoms with Gasteiger partial charge in [0.05, 0.1) is 6.42 Å². The lowest BCUT2D eigenvalue weighted by atomic mass is 10.1. The maximum Gasteiger partial charge on any atom is 0.227 e. The summed E-state index contributed by atoms with van der Waals surface area (Å²) in [7, 11) is 0. The van der Waals surface area contributed by atoms with Gasteiger partial charge in [0.15, 0.2) is 0 Å². The minimum atomic E-state index is 0.103. The summed E-state index contributed by atoms with van der Waals surface area (Å²) in [4.78, 5) is 14.5. The van der Waals surface area contributed by atoms with E-state index in [2.05, 4.69) is 0 Å². The van der Waals surface area contributed by atoms with Gasteiger partial charge in [-0.3, -0.25) is 4.79 Å². The van der Waals surface area contributed by atoms with Crippen molar-refractivity contribution in [3.8, 4) is 0 Å². The molecule has 0 atom stereocenters. The fourth-order valence-corrected chi connectivity index (χ4v) is 2.30. The topological polar surface area (TPSA) is 46.3 Å². The van der Waals surface area contributed by atoms with Crippen LogP contribution in [0.15, 0.2) is 54.6 Å². The highest BCUT2D eigenvalue weighted by Crippen LogP contribution is 2.15. The van der Waals surface area contributed by atoms with Gasteiger partial charge in [-0.15, -0.1) is 0 Å². The molecule has 0 heterocycles. The molecule has 3 nitrogen and oxygen atoms in total. The molecule has 2 aromatic rings. The summed E-state index contributed by atoms with van der Waals surface area (Å²) in [6, 6.07) is 17.7. The molecule has 0 saturated heterocycles. The van der Waals surface area contributed by atoms with E-state index in [4.69, 9.17) is 5.73 Å². The molecule has 0 radical (unpaired) electrons. The molecule has 0 aliphatic heterocycles. The molecule has 0 spiro atoms. The number of nitrogen functional groups attached to an aromatic ring is 1. The van der Waals surface area contributed by atoms with Crippen LogP contribution >= 0.6 is 0 Å². The molecule has 2 N–H and O–H groups in total. The van der Waals surface area contributed by atoms with E-state index in [1.807, 2.05) is 73.3 Å². The van der Waals surface area contributed by atoms with Crippen molar-refractivity contribution >= 4 is 11.6 Å². The molecule has 110 valence electrons. The zero-order chi connectivity index (χ0) is 15.2. The van der Waals surface area contributed by atoms with Crippen LogP contribution in [-0.2, 0) is 17.8 Å². The first-order chi connectivity index (χ1) is 10.1. The maximum atomic E-state index is 12.6. The predicted octanol–water partition coefficient (Wildman–Crippen LogP) is 3.25. The fourth-order valence-electron chi connectivity index (χ4n) is 2.30. The van der Waals surface area contributed by atoms with E-state index in [-0.39, 0.29) is 11.9 Å². The number of carbonyl (C=O) groups is 1. The number of nitrogens with zero attached hydrogens (tertiary/aromatic N) is 1. The van der Waals surface area contributed by atoms with Crippen LogP contribution in [0.1, 0.15) is 25.0 Å². The number of carbonyl (C=O) groups excluding carboxylic acids is 1. The zero-order valence-corrected chi connectivity index (χ0v) is 12.6. The lowest BCUT2D eigenvalue weighted by Crippen LogP contribution is -2.37. The molecule has 0 aliphatic carbocycles. The van der Waals surface area contributed by atoms with E-state index in [1.54, 1.807) is 0 Å². The molecule has 21 heavy (non-hydrogen) atoms. The standard InChI is InChI=1S/C18H22N2O/c1-14(2)20(13-15-8-4-3-5-9-15)18(21)12-16-10-6-7-11-17(16)19/h3-11,14H,12-13,19H2,1-2H3. The second-order valence-corrected chi connectivity index (χ2v) is 5.48. The van der Waals surface area contributed by atoms with Crippen molar-refractivity contribution in [3.05, 3.63) is 65.7 Å². The molecule has 3 heteroatoms. The van der Waals surface area contributed by atoms with E-state index >= 15 is 0 Å². The minimum Gasteiger partial charge on any atom is -0.398 e. The number of rotatable bonds is 5. The first kappa shape index (κ1) is 15.1. The van der Waals surface area contributed by atoms with Crippen LogP contribution in [0.5, 0.6) is 0 Å². The average Bonchev–Trinajstić information content (AvgIpc) is 2.48. The van der Waals surface area contributed by atoms with E-state index in [0.29, 0.717) is 18.7 Å². The van der Waals surface area contributed by atoms with Gasteiger partial charge in [0.1, 0.15) is 0 Å². The number of hydrogen-bond donors (Lipinski definition) is 1. The molecule has 0 fully saturated rings. The van der Waals surface area contributed by atoms with Gasteiger partial charge < -0.3 is 10.6 Å². The van der Waals surface area contributed by atoms with Crippen LogP contribution in [0, 0.1) is 0 Å². The van der Waals surface area contributed by atoms with Crippen LogP contribution in [0.25, 0.3) is 0 Å². The van der Waals surface area contributed by atoms with Gasteiger partial charge in [-0.25, -0.2) is 0 Å². The molecule has 0 bridgehead atoms. The Balaban J connectivity index is 2.11. The normalized spacial score (nSPS) is 10.6. The molecular weight excluding hydrogens is 260 g/mol. The van der Waals surface area contributed by atoms with E-state index in [9.17, 15) is 4.79 Å². The summed E-state index contributed by atoms with van der Waals surface area (Å²) in [5.74, 6) is 0.103. The monoisotopic (exact) mass is 282 g/mol. The Kier molecular flexibility index (Phi) is 4.99. The number of para-hydroxylation sites is 1. The zero-order valence-electron chi connectivity index (χ0n) is 12.6. The highest BCUT2D eigenvalue weighted by molar-refractivity contribution is 5.80. The predicted molar refractivity (Wildman–Crippen MR) is 86.7 cm³/mol. The molecule has 0 unspecified atom stereocenters. The van der Waals surface area contributed by atoms with Gasteiger partial charge >= 0.3 is 0 Å². The van der Waals surface area contributed by atoms with Crippen molar-refractivity contribution in [2.24, 2.45) is 0 Å². The number of hydrogen-bond acceptors (Lipinski definition) is 2. The molecule has 0 aliphatic rings. The first-order valence-corrected chi connectivity index (χ1v) is 7.24. The van der Waals surface area contributed by atoms with Crippen LogP contribution in [-0.4, -0.2) is 16.8 Å². The van der Waals surface area contributed by atoms with Gasteiger partial charge in [-0.05, 0) is 31.0 Å². The summed E-state index contributed by atoms with van der Waals surface area (Å²) < 4.78 is 0. The van der Waals surface area contributed by atoms with Crippen molar-refractivity contribution in [2.45, 2.75) is 32.9 Å². The smallest absolute Gasteiger partial charge is 0.227 e. The molecular formula is C18H22N2O. The Hall–Kier alpha value is -2.29. The second-order valence-electron chi connectivity index (χ2n) is 5.48. The number of benzene rings is 2.